The quantitative estimate of drug-likeness (QED) is 0.0376. The van der Waals surface area contributed by atoms with Gasteiger partial charge < -0.3 is 9.84 Å². The van der Waals surface area contributed by atoms with Crippen LogP contribution < -0.4 is 0 Å². The first-order chi connectivity index (χ1) is 30.2. The van der Waals surface area contributed by atoms with Crippen LogP contribution in [0, 0.1) is 0 Å². The van der Waals surface area contributed by atoms with Crippen molar-refractivity contribution in [3.8, 4) is 0 Å². The normalized spacial score (nSPS) is 11.6. The maximum atomic E-state index is 12.1. The number of allylic oxidation sites excluding steroid dienone is 2. The average Bonchev–Trinajstić information content (AvgIpc) is 3.25. The van der Waals surface area contributed by atoms with Gasteiger partial charge in [-0.15, -0.1) is 0 Å². The van der Waals surface area contributed by atoms with Crippen LogP contribution in [0.5, 0.6) is 0 Å². The van der Waals surface area contributed by atoms with Crippen molar-refractivity contribution >= 4 is 11.9 Å². The fourth-order valence-corrected chi connectivity index (χ4v) is 8.99. The molecule has 0 spiro atoms. The van der Waals surface area contributed by atoms with Gasteiger partial charge in [-0.3, -0.25) is 9.59 Å². The molecule has 4 heteroatoms. The van der Waals surface area contributed by atoms with Gasteiger partial charge in [-0.1, -0.05) is 289 Å². The molecular weight excluding hydrogens is 749 g/mol. The Hall–Kier alpha value is -1.32. The Morgan fingerprint density at radius 3 is 0.820 bits per heavy atom. The van der Waals surface area contributed by atoms with E-state index in [2.05, 4.69) is 19.1 Å². The van der Waals surface area contributed by atoms with Crippen molar-refractivity contribution < 1.29 is 19.4 Å². The fraction of sp³-hybridized carbons (Fsp3) is 0.930. The van der Waals surface area contributed by atoms with Crippen LogP contribution in [0.3, 0.4) is 0 Å². The van der Waals surface area contributed by atoms with Crippen LogP contribution in [0.4, 0.5) is 0 Å². The average molecular weight is 860 g/mol. The summed E-state index contributed by atoms with van der Waals surface area (Å²) in [6, 6.07) is 0. The standard InChI is InChI=1S/C57H110O4/c1-2-3-4-5-6-7-8-9-10-11-12-23-27-30-33-36-39-42-45-48-51-54-57(60)61-55-52-49-46-43-40-37-34-31-28-25-22-20-18-16-14-13-15-17-19-21-24-26-29-32-35-38-41-44-47-50-53-56(58)59/h9-10H,2-8,11-55H2,1H3,(H,58,59). The van der Waals surface area contributed by atoms with E-state index in [0.717, 1.165) is 25.7 Å². The topological polar surface area (TPSA) is 63.6 Å². The molecule has 0 saturated carbocycles. The fourth-order valence-electron chi connectivity index (χ4n) is 8.99. The molecule has 4 nitrogen and oxygen atoms in total. The van der Waals surface area contributed by atoms with Crippen LogP contribution in [0.1, 0.15) is 334 Å². The monoisotopic (exact) mass is 859 g/mol. The molecule has 0 unspecified atom stereocenters. The maximum absolute atomic E-state index is 12.1. The molecule has 0 amide bonds. The summed E-state index contributed by atoms with van der Waals surface area (Å²) in [6.45, 7) is 2.91. The maximum Gasteiger partial charge on any atom is 0.305 e. The second kappa shape index (κ2) is 54.8. The summed E-state index contributed by atoms with van der Waals surface area (Å²) >= 11 is 0. The van der Waals surface area contributed by atoms with E-state index in [1.165, 1.54) is 289 Å². The zero-order chi connectivity index (χ0) is 44.0. The van der Waals surface area contributed by atoms with Gasteiger partial charge in [0.15, 0.2) is 0 Å². The summed E-state index contributed by atoms with van der Waals surface area (Å²) in [6.07, 6.45) is 71.8. The van der Waals surface area contributed by atoms with E-state index < -0.39 is 5.97 Å². The number of unbranched alkanes of at least 4 members (excludes halogenated alkanes) is 46. The third-order valence-electron chi connectivity index (χ3n) is 13.2. The van der Waals surface area contributed by atoms with E-state index >= 15 is 0 Å². The highest BCUT2D eigenvalue weighted by Gasteiger charge is 2.03. The van der Waals surface area contributed by atoms with Gasteiger partial charge in [0.25, 0.3) is 0 Å². The van der Waals surface area contributed by atoms with Gasteiger partial charge in [0.1, 0.15) is 0 Å². The zero-order valence-corrected chi connectivity index (χ0v) is 41.6. The number of carbonyl (C=O) groups is 2. The van der Waals surface area contributed by atoms with E-state index in [4.69, 9.17) is 9.84 Å². The summed E-state index contributed by atoms with van der Waals surface area (Å²) in [7, 11) is 0. The van der Waals surface area contributed by atoms with Crippen LogP contribution in [-0.4, -0.2) is 23.7 Å². The molecule has 0 saturated heterocycles. The Labute approximate surface area is 383 Å². The second-order valence-corrected chi connectivity index (χ2v) is 19.4. The Morgan fingerprint density at radius 1 is 0.311 bits per heavy atom. The number of carbonyl (C=O) groups excluding carboxylic acids is 1. The van der Waals surface area contributed by atoms with Crippen LogP contribution >= 0.6 is 0 Å². The SMILES string of the molecule is CCCCCCCCC=CCCCCCCCCCCCCCC(=O)OCCCCCCCCCCCCCCCCCCCCCCCCCCCCCCCCC(=O)O. The Balaban J connectivity index is 3.16. The minimum atomic E-state index is -0.652. The molecule has 0 rings (SSSR count). The number of aliphatic carboxylic acids is 1. The number of hydrogen-bond acceptors (Lipinski definition) is 3. The van der Waals surface area contributed by atoms with Crippen molar-refractivity contribution in [1.82, 2.24) is 0 Å². The predicted molar refractivity (Wildman–Crippen MR) is 269 cm³/mol. The first kappa shape index (κ1) is 59.7. The molecule has 1 N–H and O–H groups in total. The number of ether oxygens (including phenoxy) is 1. The third-order valence-corrected chi connectivity index (χ3v) is 13.2. The molecule has 0 bridgehead atoms. The summed E-state index contributed by atoms with van der Waals surface area (Å²) in [5.41, 5.74) is 0. The largest absolute Gasteiger partial charge is 0.481 e. The summed E-state index contributed by atoms with van der Waals surface area (Å²) < 4.78 is 5.50. The lowest BCUT2D eigenvalue weighted by Gasteiger charge is -2.06. The van der Waals surface area contributed by atoms with Gasteiger partial charge in [0.05, 0.1) is 6.61 Å². The molecule has 61 heavy (non-hydrogen) atoms. The van der Waals surface area contributed by atoms with Gasteiger partial charge in [0.2, 0.25) is 0 Å². The van der Waals surface area contributed by atoms with Gasteiger partial charge in [-0.05, 0) is 44.9 Å². The lowest BCUT2D eigenvalue weighted by atomic mass is 10.0. The smallest absolute Gasteiger partial charge is 0.305 e. The van der Waals surface area contributed by atoms with Gasteiger partial charge in [-0.25, -0.2) is 0 Å². The number of carboxylic acid groups (broad SMARTS) is 1. The molecule has 0 aromatic heterocycles. The Kier molecular flexibility index (Phi) is 53.6. The van der Waals surface area contributed by atoms with Crippen molar-refractivity contribution in [2.24, 2.45) is 0 Å². The molecule has 0 radical (unpaired) electrons. The first-order valence-corrected chi connectivity index (χ1v) is 28.2. The van der Waals surface area contributed by atoms with E-state index in [1.54, 1.807) is 0 Å². The van der Waals surface area contributed by atoms with Gasteiger partial charge in [0, 0.05) is 12.8 Å². The minimum Gasteiger partial charge on any atom is -0.481 e. The van der Waals surface area contributed by atoms with Gasteiger partial charge in [-0.2, -0.15) is 0 Å². The van der Waals surface area contributed by atoms with Crippen LogP contribution in [0.25, 0.3) is 0 Å². The van der Waals surface area contributed by atoms with Crippen molar-refractivity contribution in [1.29, 1.82) is 0 Å². The molecule has 0 aliphatic carbocycles. The summed E-state index contributed by atoms with van der Waals surface area (Å²) in [4.78, 5) is 22.6. The minimum absolute atomic E-state index is 0.0242. The van der Waals surface area contributed by atoms with E-state index in [1.807, 2.05) is 0 Å². The number of carboxylic acids is 1. The molecule has 0 aliphatic heterocycles. The Morgan fingerprint density at radius 2 is 0.541 bits per heavy atom. The van der Waals surface area contributed by atoms with E-state index in [9.17, 15) is 9.59 Å². The highest BCUT2D eigenvalue weighted by atomic mass is 16.5. The number of esters is 1. The lowest BCUT2D eigenvalue weighted by Crippen LogP contribution is -2.05. The zero-order valence-electron chi connectivity index (χ0n) is 41.6. The molecule has 0 aromatic rings. The van der Waals surface area contributed by atoms with Crippen LogP contribution in [0.15, 0.2) is 12.2 Å². The van der Waals surface area contributed by atoms with Crippen molar-refractivity contribution in [2.75, 3.05) is 6.61 Å². The second-order valence-electron chi connectivity index (χ2n) is 19.4. The highest BCUT2D eigenvalue weighted by Crippen LogP contribution is 2.18. The molecule has 0 heterocycles. The summed E-state index contributed by atoms with van der Waals surface area (Å²) in [5, 5.41) is 8.67. The molecule has 0 fully saturated rings. The van der Waals surface area contributed by atoms with E-state index in [0.29, 0.717) is 19.4 Å². The first-order valence-electron chi connectivity index (χ1n) is 28.2. The van der Waals surface area contributed by atoms with Crippen molar-refractivity contribution in [2.45, 2.75) is 334 Å². The Bertz CT molecular complexity index is 867. The van der Waals surface area contributed by atoms with Crippen molar-refractivity contribution in [3.63, 3.8) is 0 Å². The predicted octanol–water partition coefficient (Wildman–Crippen LogP) is 20.1. The van der Waals surface area contributed by atoms with Crippen molar-refractivity contribution in [3.05, 3.63) is 12.2 Å². The lowest BCUT2D eigenvalue weighted by molar-refractivity contribution is -0.144. The number of hydrogen-bond donors (Lipinski definition) is 1. The third kappa shape index (κ3) is 56.7. The highest BCUT2D eigenvalue weighted by molar-refractivity contribution is 5.69. The van der Waals surface area contributed by atoms with Crippen LogP contribution in [-0.2, 0) is 14.3 Å². The molecule has 0 aliphatic rings. The molecular formula is C57H110O4. The summed E-state index contributed by atoms with van der Waals surface area (Å²) in [5.74, 6) is -0.628. The van der Waals surface area contributed by atoms with Gasteiger partial charge >= 0.3 is 11.9 Å². The molecule has 0 aromatic carbocycles. The van der Waals surface area contributed by atoms with Crippen LogP contribution in [0.2, 0.25) is 0 Å². The molecule has 362 valence electrons. The number of rotatable bonds is 54. The van der Waals surface area contributed by atoms with E-state index in [-0.39, 0.29) is 5.97 Å². The molecule has 0 atom stereocenters.